The van der Waals surface area contributed by atoms with E-state index in [1.807, 2.05) is 30.3 Å². The molecule has 1 aromatic carbocycles. The number of hydrogen-bond donors (Lipinski definition) is 1. The molecular formula is C6H6O6PSZr+. The van der Waals surface area contributed by atoms with Crippen LogP contribution in [0.3, 0.4) is 0 Å². The summed E-state index contributed by atoms with van der Waals surface area (Å²) in [5.74, 6) is 0. The molecule has 0 aliphatic carbocycles. The molecule has 1 aromatic rings. The van der Waals surface area contributed by atoms with Crippen molar-refractivity contribution in [3.63, 3.8) is 0 Å². The third kappa shape index (κ3) is 55.0. The molecule has 0 spiro atoms. The SMILES string of the molecule is O=S([O-])O.O=[P+]([O-])[O-].[Zr+4].[c-]1ccccc1. The van der Waals surface area contributed by atoms with Crippen molar-refractivity contribution in [1.82, 2.24) is 0 Å². The van der Waals surface area contributed by atoms with Crippen molar-refractivity contribution in [2.75, 3.05) is 0 Å². The van der Waals surface area contributed by atoms with Crippen molar-refractivity contribution in [1.29, 1.82) is 0 Å². The van der Waals surface area contributed by atoms with Crippen LogP contribution in [0, 0.1) is 6.07 Å². The Morgan fingerprint density at radius 2 is 1.47 bits per heavy atom. The molecule has 1 unspecified atom stereocenters. The Morgan fingerprint density at radius 3 is 1.53 bits per heavy atom. The Morgan fingerprint density at radius 1 is 1.20 bits per heavy atom. The van der Waals surface area contributed by atoms with Gasteiger partial charge < -0.3 is 18.9 Å². The molecule has 0 aliphatic rings. The quantitative estimate of drug-likeness (QED) is 0.377. The van der Waals surface area contributed by atoms with Crippen LogP contribution in [-0.2, 0) is 42.1 Å². The molecule has 0 radical (unpaired) electrons. The van der Waals surface area contributed by atoms with Gasteiger partial charge in [-0.3, -0.25) is 0 Å². The molecule has 0 amide bonds. The maximum atomic E-state index is 8.56. The van der Waals surface area contributed by atoms with Crippen molar-refractivity contribution in [2.24, 2.45) is 0 Å². The third-order valence-electron chi connectivity index (χ3n) is 0.607. The first-order chi connectivity index (χ1) is 6.46. The predicted octanol–water partition coefficient (Wildman–Crippen LogP) is -0.813. The monoisotopic (exact) mass is 327 g/mol. The summed E-state index contributed by atoms with van der Waals surface area (Å²) in [6.07, 6.45) is 0. The molecule has 1 atom stereocenters. The summed E-state index contributed by atoms with van der Waals surface area (Å²) in [4.78, 5) is 17.0. The van der Waals surface area contributed by atoms with Gasteiger partial charge in [0.1, 0.15) is 0 Å². The van der Waals surface area contributed by atoms with E-state index in [2.05, 4.69) is 6.07 Å². The maximum Gasteiger partial charge on any atom is 4.00 e. The standard InChI is InChI=1S/C6H5.HO3P.H2O3S.Zr/c1-2-4-6-5-3-1;2*1-4(2)3;/h1-5H;(H,1,2,3);(H2,1,2,3);/q-1;;;+4/p-2. The first kappa shape index (κ1) is 20.6. The number of benzene rings is 1. The Bertz CT molecular complexity index is 212. The van der Waals surface area contributed by atoms with E-state index in [0.29, 0.717) is 0 Å². The molecule has 1 rings (SSSR count). The van der Waals surface area contributed by atoms with Crippen molar-refractivity contribution in [2.45, 2.75) is 0 Å². The van der Waals surface area contributed by atoms with Crippen molar-refractivity contribution < 1.29 is 53.9 Å². The first-order valence-electron chi connectivity index (χ1n) is 2.97. The number of rotatable bonds is 0. The second-order valence-electron chi connectivity index (χ2n) is 1.52. The first-order valence-corrected chi connectivity index (χ1v) is 5.10. The van der Waals surface area contributed by atoms with Gasteiger partial charge in [-0.15, -0.1) is 0 Å². The van der Waals surface area contributed by atoms with Crippen LogP contribution < -0.4 is 9.79 Å². The van der Waals surface area contributed by atoms with Gasteiger partial charge >= 0.3 is 26.2 Å². The average Bonchev–Trinajstić information content (AvgIpc) is 2.05. The molecule has 9 heteroatoms. The van der Waals surface area contributed by atoms with Gasteiger partial charge in [-0.05, 0) is 0 Å². The molecule has 1 N–H and O–H groups in total. The fourth-order valence-corrected chi connectivity index (χ4v) is 0.342. The Balaban J connectivity index is -0.000000145. The van der Waals surface area contributed by atoms with Crippen LogP contribution in [-0.4, -0.2) is 13.3 Å². The average molecular weight is 328 g/mol. The van der Waals surface area contributed by atoms with Crippen LogP contribution in [0.4, 0.5) is 0 Å². The number of hydrogen-bond acceptors (Lipinski definition) is 5. The van der Waals surface area contributed by atoms with Gasteiger partial charge in [0, 0.05) is 0 Å². The van der Waals surface area contributed by atoms with Crippen LogP contribution in [0.5, 0.6) is 0 Å². The summed E-state index contributed by atoms with van der Waals surface area (Å²) in [6.45, 7) is 0. The smallest absolute Gasteiger partial charge is 0.750 e. The van der Waals surface area contributed by atoms with Gasteiger partial charge in [-0.1, -0.05) is 4.57 Å². The largest absolute Gasteiger partial charge is 4.00 e. The van der Waals surface area contributed by atoms with Gasteiger partial charge in [0.15, 0.2) is 0 Å². The second kappa shape index (κ2) is 16.6. The van der Waals surface area contributed by atoms with Crippen molar-refractivity contribution >= 4 is 19.6 Å². The third-order valence-corrected chi connectivity index (χ3v) is 0.607. The molecule has 0 saturated heterocycles. The Hall–Kier alpha value is 0.193. The van der Waals surface area contributed by atoms with Crippen molar-refractivity contribution in [3.8, 4) is 0 Å². The van der Waals surface area contributed by atoms with Gasteiger partial charge in [0.05, 0.1) is 11.4 Å². The second-order valence-corrected chi connectivity index (χ2v) is 2.40. The fraction of sp³-hybridized carbons (Fsp3) is 0. The molecule has 15 heavy (non-hydrogen) atoms. The normalized spacial score (nSPS) is 9.07. The van der Waals surface area contributed by atoms with E-state index in [1.54, 1.807) is 0 Å². The minimum Gasteiger partial charge on any atom is -0.750 e. The molecule has 0 fully saturated rings. The molecule has 0 aromatic heterocycles. The predicted molar refractivity (Wildman–Crippen MR) is 44.4 cm³/mol. The van der Waals surface area contributed by atoms with Gasteiger partial charge in [0.2, 0.25) is 0 Å². The summed E-state index contributed by atoms with van der Waals surface area (Å²) in [7, 11) is -3.37. The van der Waals surface area contributed by atoms with E-state index in [-0.39, 0.29) is 26.2 Å². The van der Waals surface area contributed by atoms with Crippen LogP contribution in [0.25, 0.3) is 0 Å². The molecular weight excluding hydrogens is 322 g/mol. The Labute approximate surface area is 110 Å². The summed E-state index contributed by atoms with van der Waals surface area (Å²) >= 11 is -2.86. The zero-order valence-electron chi connectivity index (χ0n) is 7.23. The van der Waals surface area contributed by atoms with Crippen LogP contribution >= 0.6 is 8.25 Å². The van der Waals surface area contributed by atoms with E-state index in [1.165, 1.54) is 0 Å². The minimum atomic E-state index is -3.37. The Kier molecular flexibility index (Phi) is 22.8. The summed E-state index contributed by atoms with van der Waals surface area (Å²) < 4.78 is 32.6. The molecule has 0 heterocycles. The zero-order valence-corrected chi connectivity index (χ0v) is 11.4. The molecule has 0 bridgehead atoms. The van der Waals surface area contributed by atoms with Gasteiger partial charge in [0.25, 0.3) is 8.25 Å². The van der Waals surface area contributed by atoms with E-state index in [0.717, 1.165) is 0 Å². The summed E-state index contributed by atoms with van der Waals surface area (Å²) in [6, 6.07) is 12.5. The minimum absolute atomic E-state index is 0. The molecule has 0 aliphatic heterocycles. The van der Waals surface area contributed by atoms with E-state index >= 15 is 0 Å². The van der Waals surface area contributed by atoms with Crippen LogP contribution in [0.15, 0.2) is 30.3 Å². The topological polar surface area (TPSA) is 124 Å². The van der Waals surface area contributed by atoms with E-state index < -0.39 is 19.6 Å². The van der Waals surface area contributed by atoms with Crippen molar-refractivity contribution in [3.05, 3.63) is 36.4 Å². The zero-order chi connectivity index (χ0) is 11.4. The van der Waals surface area contributed by atoms with Gasteiger partial charge in [-0.2, -0.15) is 36.4 Å². The summed E-state index contributed by atoms with van der Waals surface area (Å²) in [5.41, 5.74) is 0. The molecule has 80 valence electrons. The van der Waals surface area contributed by atoms with Crippen LogP contribution in [0.1, 0.15) is 0 Å². The van der Waals surface area contributed by atoms with E-state index in [9.17, 15) is 0 Å². The van der Waals surface area contributed by atoms with E-state index in [4.69, 9.17) is 27.7 Å². The van der Waals surface area contributed by atoms with Gasteiger partial charge in [-0.25, -0.2) is 4.21 Å². The maximum absolute atomic E-state index is 8.56. The van der Waals surface area contributed by atoms with Crippen LogP contribution in [0.2, 0.25) is 0 Å². The summed E-state index contributed by atoms with van der Waals surface area (Å²) in [5, 5.41) is 0. The molecule has 0 saturated carbocycles. The fourth-order valence-electron chi connectivity index (χ4n) is 0.342. The molecule has 6 nitrogen and oxygen atoms in total.